The van der Waals surface area contributed by atoms with Crippen molar-refractivity contribution in [3.8, 4) is 0 Å². The zero-order chi connectivity index (χ0) is 13.2. The molecule has 0 aliphatic rings. The quantitative estimate of drug-likeness (QED) is 0.816. The molecule has 0 radical (unpaired) electrons. The zero-order valence-electron chi connectivity index (χ0n) is 10.3. The van der Waals surface area contributed by atoms with Gasteiger partial charge in [0.1, 0.15) is 23.0 Å². The van der Waals surface area contributed by atoms with Crippen molar-refractivity contribution < 1.29 is 23.8 Å². The largest absolute Gasteiger partial charge is 0.481 e. The van der Waals surface area contributed by atoms with Crippen molar-refractivity contribution in [1.29, 1.82) is 0 Å². The van der Waals surface area contributed by atoms with Gasteiger partial charge in [-0.2, -0.15) is 0 Å². The molecule has 5 heteroatoms. The van der Waals surface area contributed by atoms with Crippen LogP contribution < -0.4 is 0 Å². The number of ether oxygens (including phenoxy) is 1. The highest BCUT2D eigenvalue weighted by atomic mass is 16.5. The fourth-order valence-corrected chi connectivity index (χ4v) is 1.71. The van der Waals surface area contributed by atoms with Gasteiger partial charge >= 0.3 is 11.9 Å². The molecule has 1 aromatic heterocycles. The van der Waals surface area contributed by atoms with E-state index in [0.717, 1.165) is 0 Å². The number of rotatable bonds is 4. The normalized spacial score (nSPS) is 12.5. The summed E-state index contributed by atoms with van der Waals surface area (Å²) in [4.78, 5) is 22.5. The summed E-state index contributed by atoms with van der Waals surface area (Å²) < 4.78 is 9.93. The van der Waals surface area contributed by atoms with Gasteiger partial charge in [-0.15, -0.1) is 0 Å². The molecule has 0 fully saturated rings. The van der Waals surface area contributed by atoms with Crippen LogP contribution in [0.15, 0.2) is 10.5 Å². The van der Waals surface area contributed by atoms with Crippen LogP contribution in [0.4, 0.5) is 0 Å². The molecular weight excluding hydrogens is 224 g/mol. The first-order valence-corrected chi connectivity index (χ1v) is 5.30. The molecule has 0 saturated heterocycles. The van der Waals surface area contributed by atoms with Crippen LogP contribution in [0.2, 0.25) is 0 Å². The molecule has 1 rings (SSSR count). The number of furan rings is 1. The summed E-state index contributed by atoms with van der Waals surface area (Å²) in [5.41, 5.74) is 0.273. The number of hydrogen-bond donors (Lipinski definition) is 1. The van der Waals surface area contributed by atoms with E-state index in [1.165, 1.54) is 13.2 Å². The molecule has 94 valence electrons. The van der Waals surface area contributed by atoms with E-state index >= 15 is 0 Å². The van der Waals surface area contributed by atoms with Crippen LogP contribution >= 0.6 is 0 Å². The third kappa shape index (κ3) is 2.67. The van der Waals surface area contributed by atoms with Crippen molar-refractivity contribution >= 4 is 11.9 Å². The van der Waals surface area contributed by atoms with Gasteiger partial charge in [0.05, 0.1) is 7.11 Å². The summed E-state index contributed by atoms with van der Waals surface area (Å²) in [6.45, 7) is 5.18. The van der Waals surface area contributed by atoms with Gasteiger partial charge in [0, 0.05) is 0 Å². The van der Waals surface area contributed by atoms with E-state index in [0.29, 0.717) is 5.76 Å². The Balaban J connectivity index is 3.15. The summed E-state index contributed by atoms with van der Waals surface area (Å²) in [5.74, 6) is -1.71. The van der Waals surface area contributed by atoms with E-state index in [1.54, 1.807) is 20.8 Å². The maximum atomic E-state index is 11.4. The molecule has 0 aliphatic heterocycles. The number of hydrogen-bond acceptors (Lipinski definition) is 4. The van der Waals surface area contributed by atoms with Crippen molar-refractivity contribution in [2.75, 3.05) is 7.11 Å². The Kier molecular flexibility index (Phi) is 3.93. The number of carboxylic acid groups (broad SMARTS) is 1. The highest BCUT2D eigenvalue weighted by molar-refractivity contribution is 5.91. The highest BCUT2D eigenvalue weighted by Gasteiger charge is 2.29. The van der Waals surface area contributed by atoms with E-state index in [9.17, 15) is 9.59 Å². The van der Waals surface area contributed by atoms with Crippen molar-refractivity contribution in [3.05, 3.63) is 23.2 Å². The lowest BCUT2D eigenvalue weighted by Gasteiger charge is -2.12. The third-order valence-electron chi connectivity index (χ3n) is 2.58. The summed E-state index contributed by atoms with van der Waals surface area (Å²) in [7, 11) is 1.27. The Labute approximate surface area is 99.4 Å². The SMILES string of the molecule is COC(=O)c1cc(C(C(=O)O)C(C)C)oc1C. The maximum Gasteiger partial charge on any atom is 0.341 e. The van der Waals surface area contributed by atoms with E-state index in [2.05, 4.69) is 4.74 Å². The number of carboxylic acids is 1. The molecule has 1 N–H and O–H groups in total. The number of methoxy groups -OCH3 is 1. The minimum Gasteiger partial charge on any atom is -0.481 e. The number of aryl methyl sites for hydroxylation is 1. The summed E-state index contributed by atoms with van der Waals surface area (Å²) in [5, 5.41) is 9.12. The van der Waals surface area contributed by atoms with Crippen LogP contribution in [0.3, 0.4) is 0 Å². The zero-order valence-corrected chi connectivity index (χ0v) is 10.3. The van der Waals surface area contributed by atoms with E-state index in [1.807, 2.05) is 0 Å². The van der Waals surface area contributed by atoms with Gasteiger partial charge in [0.15, 0.2) is 0 Å². The second-order valence-corrected chi connectivity index (χ2v) is 4.17. The number of carbonyl (C=O) groups excluding carboxylic acids is 1. The van der Waals surface area contributed by atoms with Gasteiger partial charge in [0.25, 0.3) is 0 Å². The molecule has 1 heterocycles. The molecule has 17 heavy (non-hydrogen) atoms. The average molecular weight is 240 g/mol. The van der Waals surface area contributed by atoms with E-state index < -0.39 is 17.9 Å². The van der Waals surface area contributed by atoms with Crippen LogP contribution in [0.1, 0.15) is 41.6 Å². The Bertz CT molecular complexity index is 430. The number of carbonyl (C=O) groups is 2. The second kappa shape index (κ2) is 5.03. The second-order valence-electron chi connectivity index (χ2n) is 4.17. The Morgan fingerprint density at radius 1 is 1.41 bits per heavy atom. The number of aliphatic carboxylic acids is 1. The Morgan fingerprint density at radius 2 is 2.00 bits per heavy atom. The van der Waals surface area contributed by atoms with Crippen LogP contribution in [0.25, 0.3) is 0 Å². The fourth-order valence-electron chi connectivity index (χ4n) is 1.71. The van der Waals surface area contributed by atoms with Gasteiger partial charge < -0.3 is 14.3 Å². The van der Waals surface area contributed by atoms with Crippen molar-refractivity contribution in [3.63, 3.8) is 0 Å². The van der Waals surface area contributed by atoms with Crippen molar-refractivity contribution in [2.45, 2.75) is 26.7 Å². The molecular formula is C12H16O5. The minimum absolute atomic E-state index is 0.122. The maximum absolute atomic E-state index is 11.4. The van der Waals surface area contributed by atoms with Gasteiger partial charge in [-0.25, -0.2) is 4.79 Å². The summed E-state index contributed by atoms with van der Waals surface area (Å²) in [6, 6.07) is 1.44. The smallest absolute Gasteiger partial charge is 0.341 e. The molecule has 1 atom stereocenters. The molecule has 0 aliphatic carbocycles. The van der Waals surface area contributed by atoms with Crippen LogP contribution in [-0.4, -0.2) is 24.2 Å². The Hall–Kier alpha value is -1.78. The lowest BCUT2D eigenvalue weighted by atomic mass is 9.93. The molecule has 0 aromatic carbocycles. The number of esters is 1. The van der Waals surface area contributed by atoms with Gasteiger partial charge in [-0.05, 0) is 18.9 Å². The standard InChI is InChI=1S/C12H16O5/c1-6(2)10(11(13)14)9-5-8(7(3)17-9)12(15)16-4/h5-6,10H,1-4H3,(H,13,14). The first-order valence-electron chi connectivity index (χ1n) is 5.30. The molecule has 1 unspecified atom stereocenters. The fraction of sp³-hybridized carbons (Fsp3) is 0.500. The molecule has 0 amide bonds. The third-order valence-corrected chi connectivity index (χ3v) is 2.58. The van der Waals surface area contributed by atoms with E-state index in [4.69, 9.17) is 9.52 Å². The van der Waals surface area contributed by atoms with Crippen molar-refractivity contribution in [2.24, 2.45) is 5.92 Å². The molecule has 0 bridgehead atoms. The van der Waals surface area contributed by atoms with Crippen LogP contribution in [-0.2, 0) is 9.53 Å². The molecule has 1 aromatic rings. The van der Waals surface area contributed by atoms with Gasteiger partial charge in [0.2, 0.25) is 0 Å². The Morgan fingerprint density at radius 3 is 2.41 bits per heavy atom. The molecule has 0 saturated carbocycles. The van der Waals surface area contributed by atoms with Gasteiger partial charge in [-0.1, -0.05) is 13.8 Å². The predicted octanol–water partition coefficient (Wildman–Crippen LogP) is 2.20. The monoisotopic (exact) mass is 240 g/mol. The average Bonchev–Trinajstić information content (AvgIpc) is 2.58. The first kappa shape index (κ1) is 13.3. The summed E-state index contributed by atoms with van der Waals surface area (Å²) >= 11 is 0. The lowest BCUT2D eigenvalue weighted by molar-refractivity contribution is -0.140. The lowest BCUT2D eigenvalue weighted by Crippen LogP contribution is -2.16. The van der Waals surface area contributed by atoms with Crippen LogP contribution in [0.5, 0.6) is 0 Å². The topological polar surface area (TPSA) is 76.7 Å². The first-order chi connectivity index (χ1) is 7.88. The van der Waals surface area contributed by atoms with Crippen LogP contribution in [0, 0.1) is 12.8 Å². The summed E-state index contributed by atoms with van der Waals surface area (Å²) in [6.07, 6.45) is 0. The van der Waals surface area contributed by atoms with Crippen molar-refractivity contribution in [1.82, 2.24) is 0 Å². The van der Waals surface area contributed by atoms with Gasteiger partial charge in [-0.3, -0.25) is 4.79 Å². The highest BCUT2D eigenvalue weighted by Crippen LogP contribution is 2.28. The predicted molar refractivity (Wildman–Crippen MR) is 60.0 cm³/mol. The molecule has 0 spiro atoms. The minimum atomic E-state index is -0.967. The van der Waals surface area contributed by atoms with E-state index in [-0.39, 0.29) is 17.2 Å². The molecule has 5 nitrogen and oxygen atoms in total.